The van der Waals surface area contributed by atoms with Crippen molar-refractivity contribution < 1.29 is 14.3 Å². The predicted molar refractivity (Wildman–Crippen MR) is 70.1 cm³/mol. The average molecular weight is 324 g/mol. The highest BCUT2D eigenvalue weighted by Crippen LogP contribution is 2.34. The predicted octanol–water partition coefficient (Wildman–Crippen LogP) is 4.01. The Bertz CT molecular complexity index is 429. The van der Waals surface area contributed by atoms with Crippen LogP contribution in [0.5, 0.6) is 5.75 Å². The third-order valence-electron chi connectivity index (χ3n) is 1.65. The van der Waals surface area contributed by atoms with E-state index in [1.807, 2.05) is 19.6 Å². The molecule has 0 amide bonds. The van der Waals surface area contributed by atoms with Gasteiger partial charge in [-0.1, -0.05) is 27.5 Å². The molecule has 88 valence electrons. The van der Waals surface area contributed by atoms with Crippen molar-refractivity contribution in [3.63, 3.8) is 0 Å². The fourth-order valence-corrected chi connectivity index (χ4v) is 2.87. The summed E-state index contributed by atoms with van der Waals surface area (Å²) in [7, 11) is -1.89. The van der Waals surface area contributed by atoms with E-state index in [2.05, 4.69) is 15.9 Å². The summed E-state index contributed by atoms with van der Waals surface area (Å²) >= 11 is 9.19. The first-order valence-corrected chi connectivity index (χ1v) is 9.20. The zero-order valence-corrected chi connectivity index (χ0v) is 12.5. The maximum atomic E-state index is 11.1. The Kier molecular flexibility index (Phi) is 4.04. The number of carboxylic acid groups (broad SMARTS) is 1. The van der Waals surface area contributed by atoms with Gasteiger partial charge in [0.1, 0.15) is 11.3 Å². The fourth-order valence-electron chi connectivity index (χ4n) is 1.13. The van der Waals surface area contributed by atoms with E-state index >= 15 is 0 Å². The van der Waals surface area contributed by atoms with Gasteiger partial charge in [-0.15, -0.1) is 0 Å². The molecule has 0 aliphatic rings. The molecule has 1 aromatic carbocycles. The number of rotatable bonds is 3. The van der Waals surface area contributed by atoms with Gasteiger partial charge in [0.05, 0.1) is 5.02 Å². The maximum absolute atomic E-state index is 11.1. The number of hydrogen-bond donors (Lipinski definition) is 1. The Morgan fingerprint density at radius 2 is 2.00 bits per heavy atom. The fraction of sp³-hybridized carbons (Fsp3) is 0.300. The number of aromatic carboxylic acids is 1. The van der Waals surface area contributed by atoms with Gasteiger partial charge in [0, 0.05) is 4.47 Å². The van der Waals surface area contributed by atoms with Crippen LogP contribution in [0.25, 0.3) is 0 Å². The van der Waals surface area contributed by atoms with Crippen molar-refractivity contribution in [2.24, 2.45) is 0 Å². The van der Waals surface area contributed by atoms with Crippen LogP contribution in [0.2, 0.25) is 24.7 Å². The molecule has 0 atom stereocenters. The third-order valence-corrected chi connectivity index (χ3v) is 3.20. The van der Waals surface area contributed by atoms with Crippen LogP contribution >= 0.6 is 27.5 Å². The minimum absolute atomic E-state index is 0.0850. The van der Waals surface area contributed by atoms with E-state index in [-0.39, 0.29) is 11.3 Å². The summed E-state index contributed by atoms with van der Waals surface area (Å²) in [6.07, 6.45) is 0. The molecule has 0 aromatic heterocycles. The van der Waals surface area contributed by atoms with Gasteiger partial charge in [-0.3, -0.25) is 0 Å². The number of carbonyl (C=O) groups is 1. The summed E-state index contributed by atoms with van der Waals surface area (Å²) in [5.74, 6) is -0.784. The molecule has 1 aromatic rings. The number of halogens is 2. The molecule has 0 bridgehead atoms. The van der Waals surface area contributed by atoms with Gasteiger partial charge in [-0.05, 0) is 31.8 Å². The quantitative estimate of drug-likeness (QED) is 0.855. The lowest BCUT2D eigenvalue weighted by Crippen LogP contribution is -2.30. The number of hydrogen-bond acceptors (Lipinski definition) is 2. The van der Waals surface area contributed by atoms with Crippen LogP contribution in [0.3, 0.4) is 0 Å². The molecule has 0 saturated carbocycles. The Morgan fingerprint density at radius 1 is 1.44 bits per heavy atom. The minimum Gasteiger partial charge on any atom is -0.543 e. The molecule has 0 heterocycles. The highest BCUT2D eigenvalue weighted by Gasteiger charge is 2.23. The molecule has 3 nitrogen and oxygen atoms in total. The summed E-state index contributed by atoms with van der Waals surface area (Å²) in [5, 5.41) is 9.38. The second kappa shape index (κ2) is 4.77. The largest absolute Gasteiger partial charge is 0.543 e. The first kappa shape index (κ1) is 13.5. The van der Waals surface area contributed by atoms with Gasteiger partial charge in [-0.2, -0.15) is 0 Å². The molecule has 0 saturated heterocycles. The highest BCUT2D eigenvalue weighted by molar-refractivity contribution is 9.10. The molecule has 1 N–H and O–H groups in total. The van der Waals surface area contributed by atoms with Gasteiger partial charge >= 0.3 is 5.97 Å². The van der Waals surface area contributed by atoms with E-state index in [1.54, 1.807) is 6.07 Å². The number of carboxylic acids is 1. The molecule has 1 rings (SSSR count). The van der Waals surface area contributed by atoms with E-state index in [0.29, 0.717) is 9.50 Å². The minimum atomic E-state index is -1.89. The molecular weight excluding hydrogens is 312 g/mol. The van der Waals surface area contributed by atoms with E-state index in [0.717, 1.165) is 0 Å². The topological polar surface area (TPSA) is 46.5 Å². The van der Waals surface area contributed by atoms with Gasteiger partial charge in [0.2, 0.25) is 8.32 Å². The van der Waals surface area contributed by atoms with Crippen molar-refractivity contribution >= 4 is 41.8 Å². The van der Waals surface area contributed by atoms with Crippen LogP contribution in [0, 0.1) is 0 Å². The van der Waals surface area contributed by atoms with Crippen molar-refractivity contribution in [2.45, 2.75) is 19.6 Å². The molecule has 0 fully saturated rings. The summed E-state index contributed by atoms with van der Waals surface area (Å²) in [6.45, 7) is 5.91. The Labute approximate surface area is 109 Å². The van der Waals surface area contributed by atoms with Crippen LogP contribution in [-0.2, 0) is 0 Å². The third kappa shape index (κ3) is 3.50. The van der Waals surface area contributed by atoms with Crippen LogP contribution < -0.4 is 4.43 Å². The zero-order chi connectivity index (χ0) is 12.5. The van der Waals surface area contributed by atoms with Crippen molar-refractivity contribution in [1.82, 2.24) is 0 Å². The van der Waals surface area contributed by atoms with Crippen molar-refractivity contribution in [3.05, 3.63) is 27.2 Å². The van der Waals surface area contributed by atoms with Gasteiger partial charge in [-0.25, -0.2) is 4.79 Å². The first-order valence-electron chi connectivity index (χ1n) is 4.62. The van der Waals surface area contributed by atoms with Gasteiger partial charge in [0.15, 0.2) is 0 Å². The molecular formula is C10H12BrClO3Si. The number of benzene rings is 1. The second-order valence-corrected chi connectivity index (χ2v) is 10.0. The Morgan fingerprint density at radius 3 is 2.44 bits per heavy atom. The molecule has 16 heavy (non-hydrogen) atoms. The molecule has 0 radical (unpaired) electrons. The Balaban J connectivity index is 3.30. The van der Waals surface area contributed by atoms with Gasteiger partial charge < -0.3 is 9.53 Å². The van der Waals surface area contributed by atoms with Crippen LogP contribution in [0.1, 0.15) is 10.4 Å². The summed E-state index contributed by atoms with van der Waals surface area (Å²) in [4.78, 5) is 11.1. The highest BCUT2D eigenvalue weighted by atomic mass is 79.9. The molecule has 0 aliphatic heterocycles. The van der Waals surface area contributed by atoms with Crippen LogP contribution in [0.4, 0.5) is 0 Å². The van der Waals surface area contributed by atoms with E-state index in [4.69, 9.17) is 21.1 Å². The zero-order valence-electron chi connectivity index (χ0n) is 9.17. The monoisotopic (exact) mass is 322 g/mol. The summed E-state index contributed by atoms with van der Waals surface area (Å²) in [6, 6.07) is 3.12. The van der Waals surface area contributed by atoms with Crippen LogP contribution in [0.15, 0.2) is 16.6 Å². The normalized spacial score (nSPS) is 11.3. The molecule has 0 unspecified atom stereocenters. The molecule has 0 spiro atoms. The standard InChI is InChI=1S/C10H12BrClO3Si/c1-16(2,3)15-9-7(10(13)14)4-6(11)5-8(9)12/h4-5H,1-3H3,(H,13,14). The van der Waals surface area contributed by atoms with Crippen LogP contribution in [-0.4, -0.2) is 19.4 Å². The Hall–Kier alpha value is -0.523. The summed E-state index contributed by atoms with van der Waals surface area (Å²) in [5.41, 5.74) is 0.0850. The van der Waals surface area contributed by atoms with E-state index in [1.165, 1.54) is 6.07 Å². The average Bonchev–Trinajstić information content (AvgIpc) is 2.07. The smallest absolute Gasteiger partial charge is 0.339 e. The van der Waals surface area contributed by atoms with Crippen molar-refractivity contribution in [3.8, 4) is 5.75 Å². The van der Waals surface area contributed by atoms with E-state index < -0.39 is 14.3 Å². The van der Waals surface area contributed by atoms with Crippen molar-refractivity contribution in [2.75, 3.05) is 0 Å². The lowest BCUT2D eigenvalue weighted by molar-refractivity contribution is 0.0694. The SMILES string of the molecule is C[Si](C)(C)Oc1c(Cl)cc(Br)cc1C(=O)O. The lowest BCUT2D eigenvalue weighted by atomic mass is 10.2. The van der Waals surface area contributed by atoms with Gasteiger partial charge in [0.25, 0.3) is 0 Å². The summed E-state index contributed by atoms with van der Waals surface area (Å²) < 4.78 is 6.31. The maximum Gasteiger partial charge on any atom is 0.339 e. The second-order valence-electron chi connectivity index (χ2n) is 4.28. The molecule has 6 heteroatoms. The molecule has 0 aliphatic carbocycles. The van der Waals surface area contributed by atoms with Crippen molar-refractivity contribution in [1.29, 1.82) is 0 Å². The first-order chi connectivity index (χ1) is 7.20. The van der Waals surface area contributed by atoms with E-state index in [9.17, 15) is 4.79 Å². The lowest BCUT2D eigenvalue weighted by Gasteiger charge is -2.21.